The molecule has 2 saturated heterocycles. The minimum absolute atomic E-state index is 0.197. The van der Waals surface area contributed by atoms with E-state index < -0.39 is 5.97 Å². The SMILES string of the molecule is CN1CCC(N2CCCCC2)C(C(=O)O)C1. The van der Waals surface area contributed by atoms with E-state index in [0.29, 0.717) is 6.54 Å². The lowest BCUT2D eigenvalue weighted by atomic mass is 9.89. The molecule has 2 atom stereocenters. The summed E-state index contributed by atoms with van der Waals surface area (Å²) in [6.07, 6.45) is 4.78. The second-order valence-electron chi connectivity index (χ2n) is 5.16. The van der Waals surface area contributed by atoms with Crippen LogP contribution in [0.2, 0.25) is 0 Å². The maximum atomic E-state index is 11.3. The average Bonchev–Trinajstić information content (AvgIpc) is 2.30. The third kappa shape index (κ3) is 2.55. The minimum Gasteiger partial charge on any atom is -0.481 e. The van der Waals surface area contributed by atoms with E-state index in [1.807, 2.05) is 7.05 Å². The molecule has 2 heterocycles. The van der Waals surface area contributed by atoms with Crippen molar-refractivity contribution in [2.45, 2.75) is 31.7 Å². The Bertz CT molecular complexity index is 251. The van der Waals surface area contributed by atoms with Crippen molar-refractivity contribution in [1.29, 1.82) is 0 Å². The van der Waals surface area contributed by atoms with Gasteiger partial charge in [-0.15, -0.1) is 0 Å². The van der Waals surface area contributed by atoms with Gasteiger partial charge in [-0.2, -0.15) is 0 Å². The normalized spacial score (nSPS) is 33.8. The number of likely N-dealkylation sites (tertiary alicyclic amines) is 2. The van der Waals surface area contributed by atoms with Gasteiger partial charge < -0.3 is 10.0 Å². The van der Waals surface area contributed by atoms with Crippen molar-refractivity contribution >= 4 is 5.97 Å². The highest BCUT2D eigenvalue weighted by molar-refractivity contribution is 5.71. The van der Waals surface area contributed by atoms with Gasteiger partial charge in [-0.25, -0.2) is 0 Å². The Morgan fingerprint density at radius 1 is 1.19 bits per heavy atom. The van der Waals surface area contributed by atoms with Crippen molar-refractivity contribution in [3.63, 3.8) is 0 Å². The van der Waals surface area contributed by atoms with Crippen LogP contribution in [0.4, 0.5) is 0 Å². The van der Waals surface area contributed by atoms with Crippen LogP contribution in [0.25, 0.3) is 0 Å². The average molecular weight is 226 g/mol. The first-order valence-electron chi connectivity index (χ1n) is 6.34. The van der Waals surface area contributed by atoms with E-state index in [-0.39, 0.29) is 12.0 Å². The van der Waals surface area contributed by atoms with Gasteiger partial charge in [0.25, 0.3) is 0 Å². The van der Waals surface area contributed by atoms with E-state index in [1.165, 1.54) is 19.3 Å². The van der Waals surface area contributed by atoms with E-state index in [2.05, 4.69) is 9.80 Å². The zero-order chi connectivity index (χ0) is 11.5. The van der Waals surface area contributed by atoms with Gasteiger partial charge in [0.05, 0.1) is 5.92 Å². The van der Waals surface area contributed by atoms with Crippen molar-refractivity contribution in [2.24, 2.45) is 5.92 Å². The van der Waals surface area contributed by atoms with Crippen LogP contribution < -0.4 is 0 Å². The number of rotatable bonds is 2. The summed E-state index contributed by atoms with van der Waals surface area (Å²) in [4.78, 5) is 15.8. The molecule has 0 aliphatic carbocycles. The lowest BCUT2D eigenvalue weighted by Crippen LogP contribution is -2.53. The molecule has 0 spiro atoms. The maximum absolute atomic E-state index is 11.3. The molecular formula is C12H22N2O2. The van der Waals surface area contributed by atoms with E-state index in [4.69, 9.17) is 0 Å². The Kier molecular flexibility index (Phi) is 3.82. The molecule has 0 aromatic rings. The van der Waals surface area contributed by atoms with Crippen LogP contribution >= 0.6 is 0 Å². The summed E-state index contributed by atoms with van der Waals surface area (Å²) >= 11 is 0. The second kappa shape index (κ2) is 5.15. The smallest absolute Gasteiger partial charge is 0.309 e. The fourth-order valence-corrected chi connectivity index (χ4v) is 3.03. The molecule has 0 radical (unpaired) electrons. The van der Waals surface area contributed by atoms with Crippen LogP contribution in [0.15, 0.2) is 0 Å². The zero-order valence-corrected chi connectivity index (χ0v) is 10.1. The summed E-state index contributed by atoms with van der Waals surface area (Å²) < 4.78 is 0. The fraction of sp³-hybridized carbons (Fsp3) is 0.917. The molecule has 1 N–H and O–H groups in total. The number of carbonyl (C=O) groups is 1. The number of hydrogen-bond acceptors (Lipinski definition) is 3. The molecule has 2 unspecified atom stereocenters. The second-order valence-corrected chi connectivity index (χ2v) is 5.16. The number of nitrogens with zero attached hydrogens (tertiary/aromatic N) is 2. The Balaban J connectivity index is 2.02. The van der Waals surface area contributed by atoms with Gasteiger partial charge in [0.1, 0.15) is 0 Å². The maximum Gasteiger partial charge on any atom is 0.309 e. The largest absolute Gasteiger partial charge is 0.481 e. The third-order valence-corrected chi connectivity index (χ3v) is 3.96. The molecule has 0 amide bonds. The van der Waals surface area contributed by atoms with Crippen molar-refractivity contribution < 1.29 is 9.90 Å². The summed E-state index contributed by atoms with van der Waals surface area (Å²) in [7, 11) is 2.02. The third-order valence-electron chi connectivity index (χ3n) is 3.96. The Hall–Kier alpha value is -0.610. The predicted octanol–water partition coefficient (Wildman–Crippen LogP) is 0.877. The van der Waals surface area contributed by atoms with Crippen molar-refractivity contribution in [2.75, 3.05) is 33.2 Å². The van der Waals surface area contributed by atoms with E-state index in [9.17, 15) is 9.90 Å². The summed E-state index contributed by atoms with van der Waals surface area (Å²) in [6, 6.07) is 0.272. The highest BCUT2D eigenvalue weighted by Crippen LogP contribution is 2.24. The van der Waals surface area contributed by atoms with Crippen LogP contribution in [-0.4, -0.2) is 60.1 Å². The van der Waals surface area contributed by atoms with Crippen LogP contribution in [0.5, 0.6) is 0 Å². The molecule has 2 aliphatic heterocycles. The number of carboxylic acid groups (broad SMARTS) is 1. The molecule has 4 heteroatoms. The van der Waals surface area contributed by atoms with Crippen LogP contribution in [0, 0.1) is 5.92 Å². The molecule has 2 fully saturated rings. The summed E-state index contributed by atoms with van der Waals surface area (Å²) in [5, 5.41) is 9.30. The van der Waals surface area contributed by atoms with Gasteiger partial charge in [0, 0.05) is 12.6 Å². The molecule has 4 nitrogen and oxygen atoms in total. The monoisotopic (exact) mass is 226 g/mol. The van der Waals surface area contributed by atoms with Gasteiger partial charge >= 0.3 is 5.97 Å². The summed E-state index contributed by atoms with van der Waals surface area (Å²) in [5.74, 6) is -0.820. The molecule has 0 aromatic heterocycles. The lowest BCUT2D eigenvalue weighted by Gasteiger charge is -2.42. The summed E-state index contributed by atoms with van der Waals surface area (Å²) in [6.45, 7) is 3.93. The number of hydrogen-bond donors (Lipinski definition) is 1. The van der Waals surface area contributed by atoms with Crippen LogP contribution in [0.1, 0.15) is 25.7 Å². The van der Waals surface area contributed by atoms with Gasteiger partial charge in [-0.05, 0) is 45.9 Å². The quantitative estimate of drug-likeness (QED) is 0.759. The van der Waals surface area contributed by atoms with Gasteiger partial charge in [0.2, 0.25) is 0 Å². The molecule has 92 valence electrons. The Labute approximate surface area is 97.2 Å². The van der Waals surface area contributed by atoms with Crippen LogP contribution in [0.3, 0.4) is 0 Å². The van der Waals surface area contributed by atoms with Crippen molar-refractivity contribution in [1.82, 2.24) is 9.80 Å². The first-order chi connectivity index (χ1) is 7.68. The summed E-state index contributed by atoms with van der Waals surface area (Å²) in [5.41, 5.74) is 0. The van der Waals surface area contributed by atoms with Crippen LogP contribution in [-0.2, 0) is 4.79 Å². The zero-order valence-electron chi connectivity index (χ0n) is 10.1. The first kappa shape index (κ1) is 11.9. The standard InChI is InChI=1S/C12H22N2O2/c1-13-8-5-11(10(9-13)12(15)16)14-6-3-2-4-7-14/h10-11H,2-9H2,1H3,(H,15,16). The van der Waals surface area contributed by atoms with Crippen molar-refractivity contribution in [3.8, 4) is 0 Å². The predicted molar refractivity (Wildman–Crippen MR) is 62.5 cm³/mol. The number of aliphatic carboxylic acids is 1. The molecule has 0 bridgehead atoms. The van der Waals surface area contributed by atoms with Crippen molar-refractivity contribution in [3.05, 3.63) is 0 Å². The molecular weight excluding hydrogens is 204 g/mol. The highest BCUT2D eigenvalue weighted by Gasteiger charge is 2.36. The fourth-order valence-electron chi connectivity index (χ4n) is 3.03. The minimum atomic E-state index is -0.623. The Morgan fingerprint density at radius 3 is 2.50 bits per heavy atom. The molecule has 16 heavy (non-hydrogen) atoms. The van der Waals surface area contributed by atoms with Gasteiger partial charge in [-0.1, -0.05) is 6.42 Å². The molecule has 2 rings (SSSR count). The topological polar surface area (TPSA) is 43.8 Å². The van der Waals surface area contributed by atoms with E-state index >= 15 is 0 Å². The molecule has 2 aliphatic rings. The van der Waals surface area contributed by atoms with Gasteiger partial charge in [0.15, 0.2) is 0 Å². The Morgan fingerprint density at radius 2 is 1.88 bits per heavy atom. The number of piperidine rings is 2. The van der Waals surface area contributed by atoms with E-state index in [0.717, 1.165) is 26.1 Å². The van der Waals surface area contributed by atoms with E-state index in [1.54, 1.807) is 0 Å². The van der Waals surface area contributed by atoms with Gasteiger partial charge in [-0.3, -0.25) is 9.69 Å². The lowest BCUT2D eigenvalue weighted by molar-refractivity contribution is -0.146. The molecule has 0 saturated carbocycles. The highest BCUT2D eigenvalue weighted by atomic mass is 16.4. The molecule has 0 aromatic carbocycles. The first-order valence-corrected chi connectivity index (χ1v) is 6.34. The number of carboxylic acids is 1.